The van der Waals surface area contributed by atoms with Crippen molar-refractivity contribution in [2.24, 2.45) is 10.8 Å². The topological polar surface area (TPSA) is 0 Å². The fourth-order valence-corrected chi connectivity index (χ4v) is 2.07. The summed E-state index contributed by atoms with van der Waals surface area (Å²) in [5.74, 6) is 0. The Morgan fingerprint density at radius 3 is 2.00 bits per heavy atom. The Morgan fingerprint density at radius 2 is 1.90 bits per heavy atom. The SMILES string of the molecule is CC=CC1(CC)CC1(C)C. The van der Waals surface area contributed by atoms with Crippen LogP contribution in [0.25, 0.3) is 0 Å². The minimum atomic E-state index is 0.557. The predicted octanol–water partition coefficient (Wildman–Crippen LogP) is 3.39. The Hall–Kier alpha value is -0.260. The molecule has 0 saturated heterocycles. The van der Waals surface area contributed by atoms with Crippen LogP contribution in [-0.4, -0.2) is 0 Å². The molecule has 0 N–H and O–H groups in total. The Kier molecular flexibility index (Phi) is 1.66. The van der Waals surface area contributed by atoms with Gasteiger partial charge in [0.2, 0.25) is 0 Å². The predicted molar refractivity (Wildman–Crippen MR) is 45.9 cm³/mol. The first-order chi connectivity index (χ1) is 4.58. The molecule has 0 heteroatoms. The van der Waals surface area contributed by atoms with Crippen molar-refractivity contribution in [2.45, 2.75) is 40.5 Å². The van der Waals surface area contributed by atoms with Gasteiger partial charge in [0.25, 0.3) is 0 Å². The number of hydrogen-bond donors (Lipinski definition) is 0. The van der Waals surface area contributed by atoms with Crippen molar-refractivity contribution in [3.8, 4) is 0 Å². The molecule has 1 atom stereocenters. The fraction of sp³-hybridized carbons (Fsp3) is 0.800. The lowest BCUT2D eigenvalue weighted by molar-refractivity contribution is 0.453. The van der Waals surface area contributed by atoms with E-state index in [1.807, 2.05) is 0 Å². The van der Waals surface area contributed by atoms with Crippen molar-refractivity contribution in [3.05, 3.63) is 12.2 Å². The van der Waals surface area contributed by atoms with E-state index in [-0.39, 0.29) is 0 Å². The maximum atomic E-state index is 2.38. The maximum Gasteiger partial charge on any atom is -0.00641 e. The highest BCUT2D eigenvalue weighted by atomic mass is 14.6. The molecule has 58 valence electrons. The summed E-state index contributed by atoms with van der Waals surface area (Å²) in [5, 5.41) is 0. The van der Waals surface area contributed by atoms with E-state index in [1.54, 1.807) is 0 Å². The first-order valence-corrected chi connectivity index (χ1v) is 4.22. The molecule has 0 aromatic rings. The van der Waals surface area contributed by atoms with Crippen LogP contribution in [0.3, 0.4) is 0 Å². The highest BCUT2D eigenvalue weighted by Gasteiger charge is 2.57. The second kappa shape index (κ2) is 2.11. The number of hydrogen-bond acceptors (Lipinski definition) is 0. The molecule has 1 aliphatic carbocycles. The summed E-state index contributed by atoms with van der Waals surface area (Å²) in [6.07, 6.45) is 7.25. The molecule has 0 radical (unpaired) electrons. The smallest absolute Gasteiger partial charge is 0.00641 e. The maximum absolute atomic E-state index is 2.38. The van der Waals surface area contributed by atoms with Crippen molar-refractivity contribution in [1.29, 1.82) is 0 Å². The molecular formula is C10H18. The van der Waals surface area contributed by atoms with E-state index < -0.39 is 0 Å². The van der Waals surface area contributed by atoms with E-state index in [4.69, 9.17) is 0 Å². The third kappa shape index (κ3) is 0.902. The molecule has 1 aliphatic rings. The first-order valence-electron chi connectivity index (χ1n) is 4.22. The van der Waals surface area contributed by atoms with Crippen molar-refractivity contribution in [2.75, 3.05) is 0 Å². The summed E-state index contributed by atoms with van der Waals surface area (Å²) in [7, 11) is 0. The molecule has 0 heterocycles. The first kappa shape index (κ1) is 7.84. The van der Waals surface area contributed by atoms with Crippen LogP contribution in [0.5, 0.6) is 0 Å². The molecular weight excluding hydrogens is 120 g/mol. The van der Waals surface area contributed by atoms with Gasteiger partial charge >= 0.3 is 0 Å². The summed E-state index contributed by atoms with van der Waals surface area (Å²) in [4.78, 5) is 0. The zero-order valence-electron chi connectivity index (χ0n) is 7.57. The van der Waals surface area contributed by atoms with Gasteiger partial charge in [-0.15, -0.1) is 0 Å². The third-order valence-corrected chi connectivity index (χ3v) is 3.10. The van der Waals surface area contributed by atoms with E-state index in [2.05, 4.69) is 39.8 Å². The summed E-state index contributed by atoms with van der Waals surface area (Å²) < 4.78 is 0. The molecule has 0 spiro atoms. The van der Waals surface area contributed by atoms with Gasteiger partial charge in [0.1, 0.15) is 0 Å². The molecule has 0 aromatic carbocycles. The zero-order chi connectivity index (χ0) is 7.83. The molecule has 1 saturated carbocycles. The average molecular weight is 138 g/mol. The van der Waals surface area contributed by atoms with E-state index >= 15 is 0 Å². The monoisotopic (exact) mass is 138 g/mol. The Labute approximate surface area is 64.3 Å². The lowest BCUT2D eigenvalue weighted by atomic mass is 9.93. The average Bonchev–Trinajstić information content (AvgIpc) is 2.37. The largest absolute Gasteiger partial charge is 0.0911 e. The summed E-state index contributed by atoms with van der Waals surface area (Å²) >= 11 is 0. The molecule has 0 bridgehead atoms. The van der Waals surface area contributed by atoms with Gasteiger partial charge < -0.3 is 0 Å². The summed E-state index contributed by atoms with van der Waals surface area (Å²) in [6.45, 7) is 9.12. The minimum absolute atomic E-state index is 0.557. The van der Waals surface area contributed by atoms with Crippen LogP contribution in [0.4, 0.5) is 0 Å². The number of allylic oxidation sites excluding steroid dienone is 2. The zero-order valence-corrected chi connectivity index (χ0v) is 7.57. The molecule has 10 heavy (non-hydrogen) atoms. The Balaban J connectivity index is 2.68. The van der Waals surface area contributed by atoms with E-state index in [0.717, 1.165) is 0 Å². The van der Waals surface area contributed by atoms with Gasteiger partial charge in [-0.2, -0.15) is 0 Å². The molecule has 0 aromatic heterocycles. The van der Waals surface area contributed by atoms with Gasteiger partial charge in [-0.1, -0.05) is 32.9 Å². The van der Waals surface area contributed by atoms with Crippen molar-refractivity contribution in [3.63, 3.8) is 0 Å². The van der Waals surface area contributed by atoms with Gasteiger partial charge in [0.15, 0.2) is 0 Å². The van der Waals surface area contributed by atoms with Gasteiger partial charge in [0, 0.05) is 0 Å². The second-order valence-electron chi connectivity index (χ2n) is 4.07. The van der Waals surface area contributed by atoms with Crippen LogP contribution in [0.1, 0.15) is 40.5 Å². The standard InChI is InChI=1S/C10H18/c1-5-7-10(6-2)8-9(10,3)4/h5,7H,6,8H2,1-4H3. The van der Waals surface area contributed by atoms with Crippen molar-refractivity contribution >= 4 is 0 Å². The highest BCUT2D eigenvalue weighted by Crippen LogP contribution is 2.66. The normalized spacial score (nSPS) is 36.8. The Morgan fingerprint density at radius 1 is 1.40 bits per heavy atom. The van der Waals surface area contributed by atoms with Crippen LogP contribution >= 0.6 is 0 Å². The Bertz CT molecular complexity index is 153. The van der Waals surface area contributed by atoms with Crippen LogP contribution in [0, 0.1) is 10.8 Å². The highest BCUT2D eigenvalue weighted by molar-refractivity contribution is 5.18. The molecule has 1 fully saturated rings. The van der Waals surface area contributed by atoms with Gasteiger partial charge in [-0.05, 0) is 30.6 Å². The van der Waals surface area contributed by atoms with Gasteiger partial charge in [0.05, 0.1) is 0 Å². The fourth-order valence-electron chi connectivity index (χ4n) is 2.07. The van der Waals surface area contributed by atoms with Crippen LogP contribution < -0.4 is 0 Å². The summed E-state index contributed by atoms with van der Waals surface area (Å²) in [6, 6.07) is 0. The van der Waals surface area contributed by atoms with Crippen molar-refractivity contribution in [1.82, 2.24) is 0 Å². The minimum Gasteiger partial charge on any atom is -0.0911 e. The lowest BCUT2D eigenvalue weighted by Gasteiger charge is -2.12. The van der Waals surface area contributed by atoms with Crippen LogP contribution in [0.15, 0.2) is 12.2 Å². The quantitative estimate of drug-likeness (QED) is 0.513. The molecule has 1 rings (SSSR count). The van der Waals surface area contributed by atoms with Gasteiger partial charge in [-0.25, -0.2) is 0 Å². The third-order valence-electron chi connectivity index (χ3n) is 3.10. The van der Waals surface area contributed by atoms with Crippen LogP contribution in [0.2, 0.25) is 0 Å². The molecule has 1 unspecified atom stereocenters. The lowest BCUT2D eigenvalue weighted by Crippen LogP contribution is -2.03. The molecule has 0 nitrogen and oxygen atoms in total. The number of rotatable bonds is 2. The molecule has 0 amide bonds. The van der Waals surface area contributed by atoms with Gasteiger partial charge in [-0.3, -0.25) is 0 Å². The molecule has 0 aliphatic heterocycles. The van der Waals surface area contributed by atoms with E-state index in [0.29, 0.717) is 10.8 Å². The van der Waals surface area contributed by atoms with Crippen molar-refractivity contribution < 1.29 is 0 Å². The second-order valence-corrected chi connectivity index (χ2v) is 4.07. The van der Waals surface area contributed by atoms with E-state index in [1.165, 1.54) is 12.8 Å². The van der Waals surface area contributed by atoms with Crippen LogP contribution in [-0.2, 0) is 0 Å². The summed E-state index contributed by atoms with van der Waals surface area (Å²) in [5.41, 5.74) is 1.13. The van der Waals surface area contributed by atoms with E-state index in [9.17, 15) is 0 Å².